The van der Waals surface area contributed by atoms with Gasteiger partial charge in [0.25, 0.3) is 0 Å². The fraction of sp³-hybridized carbons (Fsp3) is 0.308. The van der Waals surface area contributed by atoms with Gasteiger partial charge in [0.1, 0.15) is 22.7 Å². The number of methoxy groups -OCH3 is 2. The Morgan fingerprint density at radius 1 is 1.19 bits per heavy atom. The quantitative estimate of drug-likeness (QED) is 0.929. The van der Waals surface area contributed by atoms with E-state index >= 15 is 0 Å². The Morgan fingerprint density at radius 2 is 1.86 bits per heavy atom. The number of fused-ring (bicyclic) bond motifs is 1. The number of pyridine rings is 1. The van der Waals surface area contributed by atoms with Crippen molar-refractivity contribution in [1.29, 1.82) is 0 Å². The molecule has 0 atom stereocenters. The van der Waals surface area contributed by atoms with Crippen molar-refractivity contribution < 1.29 is 22.6 Å². The molecule has 0 bridgehead atoms. The Labute approximate surface area is 123 Å². The number of nitrogens with one attached hydrogen (secondary N) is 1. The van der Waals surface area contributed by atoms with Gasteiger partial charge < -0.3 is 14.8 Å². The second-order valence-corrected chi connectivity index (χ2v) is 4.53. The van der Waals surface area contributed by atoms with E-state index in [-0.39, 0.29) is 27.7 Å². The van der Waals surface area contributed by atoms with Gasteiger partial charge in [-0.1, -0.05) is 11.6 Å². The van der Waals surface area contributed by atoms with Crippen LogP contribution < -0.4 is 14.8 Å². The van der Waals surface area contributed by atoms with Gasteiger partial charge in [-0.2, -0.15) is 13.2 Å². The van der Waals surface area contributed by atoms with Gasteiger partial charge in [0.05, 0.1) is 24.6 Å². The van der Waals surface area contributed by atoms with Crippen molar-refractivity contribution in [3.8, 4) is 11.5 Å². The molecule has 0 saturated heterocycles. The lowest BCUT2D eigenvalue weighted by Crippen LogP contribution is -2.10. The number of hydrogen-bond donors (Lipinski definition) is 1. The number of alkyl halides is 3. The fourth-order valence-corrected chi connectivity index (χ4v) is 2.29. The van der Waals surface area contributed by atoms with Gasteiger partial charge in [-0.15, -0.1) is 0 Å². The first-order chi connectivity index (χ1) is 9.83. The Balaban J connectivity index is 2.96. The lowest BCUT2D eigenvalue weighted by molar-refractivity contribution is -0.140. The summed E-state index contributed by atoms with van der Waals surface area (Å²) in [5.41, 5.74) is -0.801. The van der Waals surface area contributed by atoms with Crippen LogP contribution in [0.15, 0.2) is 12.1 Å². The third-order valence-electron chi connectivity index (χ3n) is 2.94. The Bertz CT molecular complexity index is 689. The molecule has 0 aliphatic carbocycles. The van der Waals surface area contributed by atoms with Crippen LogP contribution in [-0.4, -0.2) is 26.3 Å². The molecule has 2 aromatic rings. The molecule has 0 aliphatic rings. The maximum atomic E-state index is 12.9. The maximum absolute atomic E-state index is 12.9. The van der Waals surface area contributed by atoms with E-state index in [1.54, 1.807) is 0 Å². The van der Waals surface area contributed by atoms with Crippen LogP contribution in [0.1, 0.15) is 5.69 Å². The zero-order chi connectivity index (χ0) is 15.8. The largest absolute Gasteiger partial charge is 0.494 e. The van der Waals surface area contributed by atoms with Crippen LogP contribution in [0.3, 0.4) is 0 Å². The summed E-state index contributed by atoms with van der Waals surface area (Å²) < 4.78 is 49.1. The van der Waals surface area contributed by atoms with Crippen LogP contribution in [0.4, 0.5) is 18.9 Å². The zero-order valence-corrected chi connectivity index (χ0v) is 12.2. The first-order valence-electron chi connectivity index (χ1n) is 5.83. The van der Waals surface area contributed by atoms with E-state index in [0.717, 1.165) is 6.07 Å². The SMILES string of the molecule is CNc1cc(C(F)(F)F)nc2c(OC)cc(Cl)c(OC)c12. The highest BCUT2D eigenvalue weighted by Gasteiger charge is 2.34. The van der Waals surface area contributed by atoms with E-state index in [4.69, 9.17) is 21.1 Å². The number of anilines is 1. The molecular formula is C13H12ClF3N2O2. The average Bonchev–Trinajstić information content (AvgIpc) is 2.44. The zero-order valence-electron chi connectivity index (χ0n) is 11.4. The first-order valence-corrected chi connectivity index (χ1v) is 6.21. The van der Waals surface area contributed by atoms with Gasteiger partial charge in [-0.25, -0.2) is 4.98 Å². The summed E-state index contributed by atoms with van der Waals surface area (Å²) >= 11 is 6.06. The van der Waals surface area contributed by atoms with Crippen molar-refractivity contribution in [3.63, 3.8) is 0 Å². The van der Waals surface area contributed by atoms with Crippen LogP contribution in [0.25, 0.3) is 10.9 Å². The smallest absolute Gasteiger partial charge is 0.433 e. The monoisotopic (exact) mass is 320 g/mol. The summed E-state index contributed by atoms with van der Waals surface area (Å²) in [6, 6.07) is 2.27. The number of rotatable bonds is 3. The van der Waals surface area contributed by atoms with E-state index < -0.39 is 11.9 Å². The molecule has 0 radical (unpaired) electrons. The summed E-state index contributed by atoms with van der Waals surface area (Å²) in [5, 5.41) is 3.25. The van der Waals surface area contributed by atoms with Crippen LogP contribution in [0.5, 0.6) is 11.5 Å². The lowest BCUT2D eigenvalue weighted by Gasteiger charge is -2.16. The predicted molar refractivity (Wildman–Crippen MR) is 74.4 cm³/mol. The van der Waals surface area contributed by atoms with Crippen molar-refractivity contribution in [2.45, 2.75) is 6.18 Å². The molecule has 1 N–H and O–H groups in total. The number of benzene rings is 1. The minimum Gasteiger partial charge on any atom is -0.494 e. The van der Waals surface area contributed by atoms with Gasteiger partial charge in [-0.3, -0.25) is 0 Å². The molecule has 0 spiro atoms. The minimum atomic E-state index is -4.57. The fourth-order valence-electron chi connectivity index (χ4n) is 2.02. The molecule has 2 rings (SSSR count). The van der Waals surface area contributed by atoms with Crippen molar-refractivity contribution in [1.82, 2.24) is 4.98 Å². The summed E-state index contributed by atoms with van der Waals surface area (Å²) in [5.74, 6) is 0.372. The van der Waals surface area contributed by atoms with Crippen molar-refractivity contribution >= 4 is 28.2 Å². The van der Waals surface area contributed by atoms with Crippen molar-refractivity contribution in [3.05, 3.63) is 22.8 Å². The second-order valence-electron chi connectivity index (χ2n) is 4.12. The van der Waals surface area contributed by atoms with E-state index in [9.17, 15) is 13.2 Å². The summed E-state index contributed by atoms with van der Waals surface area (Å²) in [6.07, 6.45) is -4.57. The topological polar surface area (TPSA) is 43.4 Å². The number of ether oxygens (including phenoxy) is 2. The summed E-state index contributed by atoms with van der Waals surface area (Å²) in [4.78, 5) is 3.65. The molecule has 8 heteroatoms. The molecule has 0 unspecified atom stereocenters. The third kappa shape index (κ3) is 2.65. The Kier molecular flexibility index (Phi) is 4.04. The van der Waals surface area contributed by atoms with E-state index in [1.165, 1.54) is 27.3 Å². The van der Waals surface area contributed by atoms with Crippen LogP contribution in [0, 0.1) is 0 Å². The molecule has 1 aromatic carbocycles. The standard InChI is InChI=1S/C13H12ClF3N2O2/c1-18-7-5-9(13(15,16)17)19-11-8(20-2)4-6(14)12(21-3)10(7)11/h4-5H,1-3H3,(H,18,19). The third-order valence-corrected chi connectivity index (χ3v) is 3.22. The van der Waals surface area contributed by atoms with Crippen LogP contribution in [-0.2, 0) is 6.18 Å². The summed E-state index contributed by atoms with van der Waals surface area (Å²) in [6.45, 7) is 0. The van der Waals surface area contributed by atoms with Crippen molar-refractivity contribution in [2.24, 2.45) is 0 Å². The Morgan fingerprint density at radius 3 is 2.33 bits per heavy atom. The van der Waals surface area contributed by atoms with Gasteiger partial charge in [0.15, 0.2) is 0 Å². The number of nitrogens with zero attached hydrogens (tertiary/aromatic N) is 1. The van der Waals surface area contributed by atoms with Crippen LogP contribution >= 0.6 is 11.6 Å². The van der Waals surface area contributed by atoms with Gasteiger partial charge in [-0.05, 0) is 6.07 Å². The normalized spacial score (nSPS) is 11.6. The number of aromatic nitrogens is 1. The highest BCUT2D eigenvalue weighted by atomic mass is 35.5. The Hall–Kier alpha value is -1.89. The lowest BCUT2D eigenvalue weighted by atomic mass is 10.1. The highest BCUT2D eigenvalue weighted by molar-refractivity contribution is 6.34. The molecule has 0 aliphatic heterocycles. The molecule has 1 aromatic heterocycles. The predicted octanol–water partition coefficient (Wildman–Crippen LogP) is 3.97. The molecule has 114 valence electrons. The number of halogens is 4. The molecule has 0 fully saturated rings. The van der Waals surface area contributed by atoms with E-state index in [1.807, 2.05) is 0 Å². The minimum absolute atomic E-state index is 0.0259. The maximum Gasteiger partial charge on any atom is 0.433 e. The average molecular weight is 321 g/mol. The van der Waals surface area contributed by atoms with E-state index in [0.29, 0.717) is 5.39 Å². The molecule has 4 nitrogen and oxygen atoms in total. The molecular weight excluding hydrogens is 309 g/mol. The number of hydrogen-bond acceptors (Lipinski definition) is 4. The first kappa shape index (κ1) is 15.5. The molecule has 21 heavy (non-hydrogen) atoms. The van der Waals surface area contributed by atoms with Gasteiger partial charge in [0.2, 0.25) is 0 Å². The van der Waals surface area contributed by atoms with Gasteiger partial charge >= 0.3 is 6.18 Å². The molecule has 1 heterocycles. The molecule has 0 saturated carbocycles. The van der Waals surface area contributed by atoms with Crippen LogP contribution in [0.2, 0.25) is 5.02 Å². The summed E-state index contributed by atoms with van der Waals surface area (Å²) in [7, 11) is 4.21. The second kappa shape index (κ2) is 5.48. The van der Waals surface area contributed by atoms with Gasteiger partial charge in [0, 0.05) is 18.8 Å². The van der Waals surface area contributed by atoms with E-state index in [2.05, 4.69) is 10.3 Å². The van der Waals surface area contributed by atoms with Crippen molar-refractivity contribution in [2.75, 3.05) is 26.6 Å². The highest BCUT2D eigenvalue weighted by Crippen LogP contribution is 2.44. The molecule has 0 amide bonds.